The summed E-state index contributed by atoms with van der Waals surface area (Å²) < 4.78 is 16.7. The molecule has 0 aromatic rings. The zero-order valence-electron chi connectivity index (χ0n) is 39.9. The number of carbonyl (C=O) groups excluding carboxylic acids is 3. The van der Waals surface area contributed by atoms with E-state index in [4.69, 9.17) is 14.2 Å². The Morgan fingerprint density at radius 3 is 1.15 bits per heavy atom. The maximum atomic E-state index is 12.8. The van der Waals surface area contributed by atoms with Crippen LogP contribution in [0.3, 0.4) is 0 Å². The van der Waals surface area contributed by atoms with Gasteiger partial charge in [0.25, 0.3) is 0 Å². The Hall–Kier alpha value is -3.15. The van der Waals surface area contributed by atoms with Crippen LogP contribution in [0.1, 0.15) is 239 Å². The lowest BCUT2D eigenvalue weighted by Crippen LogP contribution is -2.30. The molecular weight excluding hydrogens is 757 g/mol. The summed E-state index contributed by atoms with van der Waals surface area (Å²) in [6, 6.07) is 0. The first kappa shape index (κ1) is 57.9. The Morgan fingerprint density at radius 2 is 0.689 bits per heavy atom. The van der Waals surface area contributed by atoms with E-state index in [-0.39, 0.29) is 37.5 Å². The summed E-state index contributed by atoms with van der Waals surface area (Å²) in [7, 11) is 0. The molecule has 0 aliphatic rings. The predicted octanol–water partition coefficient (Wildman–Crippen LogP) is 16.6. The van der Waals surface area contributed by atoms with E-state index in [9.17, 15) is 14.4 Å². The Morgan fingerprint density at radius 1 is 0.344 bits per heavy atom. The lowest BCUT2D eigenvalue weighted by atomic mass is 10.0. The SMILES string of the molecule is CC/C=C\C/C=C\C/C=C\C/C=C\CCC(=O)OCC(COC(=O)CCCCCCCCCCCCCCCCCC)OC(=O)CCCCCCC/C=C\C/C=C\CCCC. The molecular formula is C55H94O6. The van der Waals surface area contributed by atoms with Gasteiger partial charge in [-0.2, -0.15) is 0 Å². The maximum absolute atomic E-state index is 12.8. The Labute approximate surface area is 376 Å². The number of unbranched alkanes of at least 4 members (excludes halogenated alkanes) is 22. The van der Waals surface area contributed by atoms with Crippen molar-refractivity contribution in [3.63, 3.8) is 0 Å². The van der Waals surface area contributed by atoms with Gasteiger partial charge in [-0.3, -0.25) is 14.4 Å². The summed E-state index contributed by atoms with van der Waals surface area (Å²) >= 11 is 0. The van der Waals surface area contributed by atoms with Crippen molar-refractivity contribution in [2.45, 2.75) is 245 Å². The highest BCUT2D eigenvalue weighted by atomic mass is 16.6. The van der Waals surface area contributed by atoms with Crippen molar-refractivity contribution in [1.29, 1.82) is 0 Å². The van der Waals surface area contributed by atoms with Crippen LogP contribution >= 0.6 is 0 Å². The summed E-state index contributed by atoms with van der Waals surface area (Å²) in [5.41, 5.74) is 0. The third-order valence-corrected chi connectivity index (χ3v) is 10.7. The van der Waals surface area contributed by atoms with E-state index in [0.29, 0.717) is 19.3 Å². The quantitative estimate of drug-likeness (QED) is 0.0263. The van der Waals surface area contributed by atoms with Crippen molar-refractivity contribution >= 4 is 17.9 Å². The largest absolute Gasteiger partial charge is 0.462 e. The summed E-state index contributed by atoms with van der Waals surface area (Å²) in [6.07, 6.45) is 61.8. The Bertz CT molecular complexity index is 1160. The fourth-order valence-electron chi connectivity index (χ4n) is 6.88. The molecule has 0 spiro atoms. The second-order valence-corrected chi connectivity index (χ2v) is 16.7. The van der Waals surface area contributed by atoms with Gasteiger partial charge in [0.05, 0.1) is 0 Å². The topological polar surface area (TPSA) is 78.9 Å². The Kier molecular flexibility index (Phi) is 46.9. The van der Waals surface area contributed by atoms with Crippen LogP contribution in [0.2, 0.25) is 0 Å². The standard InChI is InChI=1S/C55H94O6/c1-4-7-10-13-16-19-22-25-27-28-31-33-36-39-42-45-48-54(57)60-51-52(50-59-53(56)47-44-41-38-35-32-29-24-21-18-15-12-9-6-3)61-55(58)49-46-43-40-37-34-30-26-23-20-17-14-11-8-5-2/h9,12,14,17-18,21,23,26,29,32,38,41,52H,4-8,10-11,13,15-16,19-20,22,24-25,27-28,30-31,33-37,39-40,42-51H2,1-3H3/b12-9-,17-14-,21-18-,26-23-,32-29-,41-38-. The molecule has 0 rings (SSSR count). The molecule has 0 aromatic heterocycles. The minimum absolute atomic E-state index is 0.102. The average molecular weight is 851 g/mol. The second-order valence-electron chi connectivity index (χ2n) is 16.7. The van der Waals surface area contributed by atoms with Crippen LogP contribution in [0, 0.1) is 0 Å². The molecule has 1 atom stereocenters. The third-order valence-electron chi connectivity index (χ3n) is 10.7. The van der Waals surface area contributed by atoms with Crippen molar-refractivity contribution in [3.05, 3.63) is 72.9 Å². The van der Waals surface area contributed by atoms with E-state index < -0.39 is 6.10 Å². The number of esters is 3. The maximum Gasteiger partial charge on any atom is 0.306 e. The molecule has 1 unspecified atom stereocenters. The number of rotatable bonds is 45. The average Bonchev–Trinajstić information content (AvgIpc) is 3.26. The van der Waals surface area contributed by atoms with Crippen molar-refractivity contribution in [3.8, 4) is 0 Å². The molecule has 6 nitrogen and oxygen atoms in total. The van der Waals surface area contributed by atoms with Crippen molar-refractivity contribution in [2.24, 2.45) is 0 Å². The van der Waals surface area contributed by atoms with Gasteiger partial charge in [0, 0.05) is 19.3 Å². The van der Waals surface area contributed by atoms with Gasteiger partial charge in [-0.15, -0.1) is 0 Å². The summed E-state index contributed by atoms with van der Waals surface area (Å²) in [5, 5.41) is 0. The van der Waals surface area contributed by atoms with E-state index in [0.717, 1.165) is 89.9 Å². The fourth-order valence-corrected chi connectivity index (χ4v) is 6.88. The van der Waals surface area contributed by atoms with E-state index in [1.54, 1.807) is 0 Å². The highest BCUT2D eigenvalue weighted by Crippen LogP contribution is 2.15. The van der Waals surface area contributed by atoms with Crippen LogP contribution in [0.4, 0.5) is 0 Å². The molecule has 0 N–H and O–H groups in total. The van der Waals surface area contributed by atoms with Gasteiger partial charge in [0.15, 0.2) is 6.10 Å². The van der Waals surface area contributed by atoms with Crippen LogP contribution in [0.25, 0.3) is 0 Å². The summed E-state index contributed by atoms with van der Waals surface area (Å²) in [6.45, 7) is 6.41. The van der Waals surface area contributed by atoms with E-state index >= 15 is 0 Å². The third kappa shape index (κ3) is 47.7. The van der Waals surface area contributed by atoms with E-state index in [2.05, 4.69) is 81.5 Å². The van der Waals surface area contributed by atoms with Crippen molar-refractivity contribution in [1.82, 2.24) is 0 Å². The van der Waals surface area contributed by atoms with Gasteiger partial charge in [0.2, 0.25) is 0 Å². The zero-order chi connectivity index (χ0) is 44.4. The van der Waals surface area contributed by atoms with Crippen molar-refractivity contribution < 1.29 is 28.6 Å². The Balaban J connectivity index is 4.46. The van der Waals surface area contributed by atoms with Crippen LogP contribution in [0.15, 0.2) is 72.9 Å². The van der Waals surface area contributed by atoms with Gasteiger partial charge >= 0.3 is 17.9 Å². The molecule has 0 amide bonds. The lowest BCUT2D eigenvalue weighted by molar-refractivity contribution is -0.166. The normalized spacial score (nSPS) is 12.6. The van der Waals surface area contributed by atoms with Gasteiger partial charge in [-0.05, 0) is 70.6 Å². The minimum atomic E-state index is -0.808. The summed E-state index contributed by atoms with van der Waals surface area (Å²) in [5.74, 6) is -0.999. The molecule has 0 radical (unpaired) electrons. The van der Waals surface area contributed by atoms with Crippen LogP contribution in [0.5, 0.6) is 0 Å². The number of ether oxygens (including phenoxy) is 3. The fraction of sp³-hybridized carbons (Fsp3) is 0.727. The van der Waals surface area contributed by atoms with Gasteiger partial charge in [-0.25, -0.2) is 0 Å². The molecule has 0 aromatic carbocycles. The first-order valence-corrected chi connectivity index (χ1v) is 25.4. The number of allylic oxidation sites excluding steroid dienone is 12. The van der Waals surface area contributed by atoms with Gasteiger partial charge < -0.3 is 14.2 Å². The van der Waals surface area contributed by atoms with Crippen LogP contribution < -0.4 is 0 Å². The highest BCUT2D eigenvalue weighted by molar-refractivity contribution is 5.71. The molecule has 0 fully saturated rings. The highest BCUT2D eigenvalue weighted by Gasteiger charge is 2.19. The monoisotopic (exact) mass is 851 g/mol. The van der Waals surface area contributed by atoms with E-state index in [1.807, 2.05) is 12.2 Å². The molecule has 61 heavy (non-hydrogen) atoms. The molecule has 350 valence electrons. The molecule has 0 saturated carbocycles. The molecule has 0 bridgehead atoms. The number of hydrogen-bond donors (Lipinski definition) is 0. The minimum Gasteiger partial charge on any atom is -0.462 e. The smallest absolute Gasteiger partial charge is 0.306 e. The molecule has 6 heteroatoms. The van der Waals surface area contributed by atoms with E-state index in [1.165, 1.54) is 103 Å². The first-order valence-electron chi connectivity index (χ1n) is 25.4. The lowest BCUT2D eigenvalue weighted by Gasteiger charge is -2.18. The van der Waals surface area contributed by atoms with Crippen molar-refractivity contribution in [2.75, 3.05) is 13.2 Å². The molecule has 0 aliphatic carbocycles. The second kappa shape index (κ2) is 49.5. The summed E-state index contributed by atoms with van der Waals surface area (Å²) in [4.78, 5) is 37.9. The molecule has 0 heterocycles. The van der Waals surface area contributed by atoms with Crippen LogP contribution in [-0.2, 0) is 28.6 Å². The van der Waals surface area contributed by atoms with Gasteiger partial charge in [0.1, 0.15) is 13.2 Å². The predicted molar refractivity (Wildman–Crippen MR) is 261 cm³/mol. The molecule has 0 saturated heterocycles. The first-order chi connectivity index (χ1) is 30.0. The number of carbonyl (C=O) groups is 3. The number of hydrogen-bond acceptors (Lipinski definition) is 6. The zero-order valence-corrected chi connectivity index (χ0v) is 39.9. The molecule has 0 aliphatic heterocycles. The van der Waals surface area contributed by atoms with Gasteiger partial charge in [-0.1, -0.05) is 222 Å². The van der Waals surface area contributed by atoms with Crippen LogP contribution in [-0.4, -0.2) is 37.2 Å².